The van der Waals surface area contributed by atoms with Crippen molar-refractivity contribution in [2.75, 3.05) is 11.9 Å². The van der Waals surface area contributed by atoms with Crippen LogP contribution >= 0.6 is 0 Å². The predicted molar refractivity (Wildman–Crippen MR) is 62.0 cm³/mol. The fourth-order valence-electron chi connectivity index (χ4n) is 2.15. The van der Waals surface area contributed by atoms with Crippen molar-refractivity contribution in [3.63, 3.8) is 0 Å². The van der Waals surface area contributed by atoms with Gasteiger partial charge in [-0.2, -0.15) is 0 Å². The summed E-state index contributed by atoms with van der Waals surface area (Å²) in [7, 11) is 0. The molecule has 2 rings (SSSR count). The quantitative estimate of drug-likeness (QED) is 0.790. The van der Waals surface area contributed by atoms with Gasteiger partial charge in [0.25, 0.3) is 0 Å². The molecule has 2 heterocycles. The fourth-order valence-corrected chi connectivity index (χ4v) is 2.15. The number of imidazole rings is 1. The van der Waals surface area contributed by atoms with E-state index < -0.39 is 0 Å². The fraction of sp³-hybridized carbons (Fsp3) is 0.727. The molecule has 4 heteroatoms. The summed E-state index contributed by atoms with van der Waals surface area (Å²) >= 11 is 0. The Labute approximate surface area is 91.1 Å². The summed E-state index contributed by atoms with van der Waals surface area (Å²) in [5.74, 6) is 1.01. The first kappa shape index (κ1) is 10.5. The number of nitrogens with one attached hydrogen (secondary N) is 2. The second-order valence-corrected chi connectivity index (χ2v) is 4.26. The van der Waals surface area contributed by atoms with Crippen LogP contribution in [0.3, 0.4) is 0 Å². The minimum absolute atomic E-state index is 0.564. The minimum Gasteiger partial charge on any atom is -0.353 e. The molecule has 4 nitrogen and oxygen atoms in total. The van der Waals surface area contributed by atoms with Gasteiger partial charge < -0.3 is 15.2 Å². The molecule has 0 spiro atoms. The van der Waals surface area contributed by atoms with Crippen LogP contribution in [0.15, 0.2) is 12.4 Å². The number of aromatic nitrogens is 2. The maximum absolute atomic E-state index is 4.34. The molecule has 84 valence electrons. The van der Waals surface area contributed by atoms with Crippen LogP contribution < -0.4 is 10.6 Å². The van der Waals surface area contributed by atoms with Crippen molar-refractivity contribution < 1.29 is 0 Å². The number of aryl methyl sites for hydroxylation is 1. The molecule has 0 radical (unpaired) electrons. The Hall–Kier alpha value is -1.03. The lowest BCUT2D eigenvalue weighted by molar-refractivity contribution is 0.394. The van der Waals surface area contributed by atoms with Gasteiger partial charge in [-0.05, 0) is 33.2 Å². The highest BCUT2D eigenvalue weighted by molar-refractivity contribution is 5.27. The molecule has 1 saturated heterocycles. The Morgan fingerprint density at radius 2 is 2.53 bits per heavy atom. The molecule has 2 unspecified atom stereocenters. The van der Waals surface area contributed by atoms with E-state index in [-0.39, 0.29) is 0 Å². The Balaban J connectivity index is 1.96. The summed E-state index contributed by atoms with van der Waals surface area (Å²) < 4.78 is 2.15. The molecule has 1 aliphatic rings. The van der Waals surface area contributed by atoms with Crippen molar-refractivity contribution in [2.45, 2.75) is 45.3 Å². The second-order valence-electron chi connectivity index (χ2n) is 4.26. The van der Waals surface area contributed by atoms with E-state index >= 15 is 0 Å². The van der Waals surface area contributed by atoms with Gasteiger partial charge >= 0.3 is 0 Å². The van der Waals surface area contributed by atoms with Crippen molar-refractivity contribution in [3.05, 3.63) is 12.4 Å². The predicted octanol–water partition coefficient (Wildman–Crippen LogP) is 1.46. The second kappa shape index (κ2) is 4.66. The molecule has 0 saturated carbocycles. The Bertz CT molecular complexity index is 307. The largest absolute Gasteiger partial charge is 0.353 e. The van der Waals surface area contributed by atoms with Gasteiger partial charge in [-0.1, -0.05) is 0 Å². The number of hydrogen-bond acceptors (Lipinski definition) is 3. The Kier molecular flexibility index (Phi) is 3.26. The molecule has 0 bridgehead atoms. The average Bonchev–Trinajstić information content (AvgIpc) is 2.65. The number of rotatable bonds is 3. The van der Waals surface area contributed by atoms with Gasteiger partial charge in [0.1, 0.15) is 0 Å². The first-order valence-electron chi connectivity index (χ1n) is 5.80. The molecule has 1 fully saturated rings. The van der Waals surface area contributed by atoms with Crippen molar-refractivity contribution in [3.8, 4) is 0 Å². The highest BCUT2D eigenvalue weighted by atomic mass is 15.2. The Morgan fingerprint density at radius 1 is 1.67 bits per heavy atom. The van der Waals surface area contributed by atoms with Gasteiger partial charge in [0.15, 0.2) is 0 Å². The third-order valence-corrected chi connectivity index (χ3v) is 3.01. The van der Waals surface area contributed by atoms with E-state index in [0.717, 1.165) is 19.0 Å². The van der Waals surface area contributed by atoms with E-state index in [1.54, 1.807) is 0 Å². The maximum atomic E-state index is 4.34. The molecule has 1 aromatic rings. The van der Waals surface area contributed by atoms with Gasteiger partial charge in [0, 0.05) is 31.0 Å². The normalized spacial score (nSPS) is 26.5. The van der Waals surface area contributed by atoms with E-state index in [1.807, 2.05) is 12.4 Å². The van der Waals surface area contributed by atoms with Crippen LogP contribution in [0.4, 0.5) is 5.95 Å². The number of hydrogen-bond donors (Lipinski definition) is 2. The van der Waals surface area contributed by atoms with Crippen LogP contribution in [0, 0.1) is 0 Å². The zero-order valence-electron chi connectivity index (χ0n) is 9.53. The molecular weight excluding hydrogens is 188 g/mol. The SMILES string of the molecule is CCn1ccnc1NC1CCNC(C)C1. The summed E-state index contributed by atoms with van der Waals surface area (Å²) in [5, 5.41) is 6.98. The van der Waals surface area contributed by atoms with Gasteiger partial charge in [0.05, 0.1) is 0 Å². The number of nitrogens with zero attached hydrogens (tertiary/aromatic N) is 2. The molecule has 0 aliphatic carbocycles. The molecule has 15 heavy (non-hydrogen) atoms. The molecule has 0 amide bonds. The van der Waals surface area contributed by atoms with Crippen molar-refractivity contribution in [1.82, 2.24) is 14.9 Å². The van der Waals surface area contributed by atoms with E-state index in [0.29, 0.717) is 12.1 Å². The summed E-state index contributed by atoms with van der Waals surface area (Å²) in [4.78, 5) is 4.34. The highest BCUT2D eigenvalue weighted by Crippen LogP contribution is 2.14. The first-order valence-corrected chi connectivity index (χ1v) is 5.80. The van der Waals surface area contributed by atoms with Gasteiger partial charge in [-0.25, -0.2) is 4.98 Å². The third kappa shape index (κ3) is 2.50. The van der Waals surface area contributed by atoms with Crippen LogP contribution in [0.2, 0.25) is 0 Å². The van der Waals surface area contributed by atoms with Crippen LogP contribution in [-0.2, 0) is 6.54 Å². The molecule has 2 N–H and O–H groups in total. The summed E-state index contributed by atoms with van der Waals surface area (Å²) in [6.45, 7) is 6.45. The Morgan fingerprint density at radius 3 is 3.27 bits per heavy atom. The van der Waals surface area contributed by atoms with Crippen LogP contribution in [0.5, 0.6) is 0 Å². The van der Waals surface area contributed by atoms with E-state index in [4.69, 9.17) is 0 Å². The maximum Gasteiger partial charge on any atom is 0.202 e. The smallest absolute Gasteiger partial charge is 0.202 e. The summed E-state index contributed by atoms with van der Waals surface area (Å²) in [6, 6.07) is 1.18. The molecular formula is C11H20N4. The van der Waals surface area contributed by atoms with E-state index in [9.17, 15) is 0 Å². The first-order chi connectivity index (χ1) is 7.29. The molecule has 0 aromatic carbocycles. The highest BCUT2D eigenvalue weighted by Gasteiger charge is 2.18. The third-order valence-electron chi connectivity index (χ3n) is 3.01. The summed E-state index contributed by atoms with van der Waals surface area (Å²) in [5.41, 5.74) is 0. The van der Waals surface area contributed by atoms with Crippen LogP contribution in [0.1, 0.15) is 26.7 Å². The van der Waals surface area contributed by atoms with Crippen LogP contribution in [-0.4, -0.2) is 28.2 Å². The number of anilines is 1. The number of piperidine rings is 1. The molecule has 1 aliphatic heterocycles. The van der Waals surface area contributed by atoms with Crippen molar-refractivity contribution in [1.29, 1.82) is 0 Å². The van der Waals surface area contributed by atoms with Gasteiger partial charge in [-0.15, -0.1) is 0 Å². The zero-order valence-corrected chi connectivity index (χ0v) is 9.53. The lowest BCUT2D eigenvalue weighted by Gasteiger charge is -2.29. The standard InChI is InChI=1S/C11H20N4/c1-3-15-7-6-13-11(15)14-10-4-5-12-9(2)8-10/h6-7,9-10,12H,3-5,8H2,1-2H3,(H,13,14). The van der Waals surface area contributed by atoms with Crippen LogP contribution in [0.25, 0.3) is 0 Å². The monoisotopic (exact) mass is 208 g/mol. The van der Waals surface area contributed by atoms with E-state index in [1.165, 1.54) is 12.8 Å². The van der Waals surface area contributed by atoms with E-state index in [2.05, 4.69) is 34.0 Å². The minimum atomic E-state index is 0.564. The topological polar surface area (TPSA) is 41.9 Å². The summed E-state index contributed by atoms with van der Waals surface area (Å²) in [6.07, 6.45) is 6.24. The lowest BCUT2D eigenvalue weighted by Crippen LogP contribution is -2.41. The molecule has 2 atom stereocenters. The van der Waals surface area contributed by atoms with Gasteiger partial charge in [-0.3, -0.25) is 0 Å². The molecule has 1 aromatic heterocycles. The van der Waals surface area contributed by atoms with Gasteiger partial charge in [0.2, 0.25) is 5.95 Å². The van der Waals surface area contributed by atoms with Crippen molar-refractivity contribution in [2.24, 2.45) is 0 Å². The average molecular weight is 208 g/mol. The van der Waals surface area contributed by atoms with Crippen molar-refractivity contribution >= 4 is 5.95 Å². The lowest BCUT2D eigenvalue weighted by atomic mass is 10.0. The zero-order chi connectivity index (χ0) is 10.7.